The van der Waals surface area contributed by atoms with Gasteiger partial charge in [-0.25, -0.2) is 5.43 Å². The fourth-order valence-corrected chi connectivity index (χ4v) is 2.27. The Morgan fingerprint density at radius 2 is 1.70 bits per heavy atom. The molecule has 0 aliphatic carbocycles. The molecule has 0 saturated carbocycles. The van der Waals surface area contributed by atoms with Gasteiger partial charge in [-0.2, -0.15) is 5.10 Å². The lowest BCUT2D eigenvalue weighted by molar-refractivity contribution is -0.124. The Morgan fingerprint density at radius 1 is 1.00 bits per heavy atom. The molecular weight excluding hydrogens is 338 g/mol. The van der Waals surface area contributed by atoms with Gasteiger partial charge in [0.25, 0.3) is 0 Å². The average Bonchev–Trinajstić information content (AvgIpc) is 2.60. The fraction of sp³-hybridized carbons (Fsp3) is 0.409. The molecule has 0 aromatic heterocycles. The highest BCUT2D eigenvalue weighted by molar-refractivity contribution is 5.93. The third-order valence-electron chi connectivity index (χ3n) is 4.08. The number of aryl methyl sites for hydroxylation is 2. The summed E-state index contributed by atoms with van der Waals surface area (Å²) in [5.41, 5.74) is 7.98. The summed E-state index contributed by atoms with van der Waals surface area (Å²) in [5.74, 6) is -0.468. The van der Waals surface area contributed by atoms with Crippen LogP contribution in [0, 0.1) is 13.8 Å². The number of carbonyl (C=O) groups is 2. The third-order valence-corrected chi connectivity index (χ3v) is 4.08. The largest absolute Gasteiger partial charge is 0.326 e. The Balaban J connectivity index is 2.30. The van der Waals surface area contributed by atoms with Crippen molar-refractivity contribution in [1.82, 2.24) is 5.43 Å². The lowest BCUT2D eigenvalue weighted by Crippen LogP contribution is -2.20. The highest BCUT2D eigenvalue weighted by Crippen LogP contribution is 2.14. The van der Waals surface area contributed by atoms with E-state index in [1.165, 1.54) is 16.7 Å². The van der Waals surface area contributed by atoms with E-state index in [-0.39, 0.29) is 24.7 Å². The SMILES string of the molecule is CC(C)=CCC/C(C)=C/C=N/NC(=O)CCC(=O)Nc1ccc(C)c(C)c1. The van der Waals surface area contributed by atoms with Crippen LogP contribution < -0.4 is 10.7 Å². The summed E-state index contributed by atoms with van der Waals surface area (Å²) in [6.07, 6.45) is 7.82. The van der Waals surface area contributed by atoms with Crippen LogP contribution in [0.5, 0.6) is 0 Å². The van der Waals surface area contributed by atoms with Crippen molar-refractivity contribution < 1.29 is 9.59 Å². The number of allylic oxidation sites excluding steroid dienone is 4. The van der Waals surface area contributed by atoms with Crippen LogP contribution in [0.2, 0.25) is 0 Å². The van der Waals surface area contributed by atoms with E-state index in [2.05, 4.69) is 35.8 Å². The highest BCUT2D eigenvalue weighted by atomic mass is 16.2. The van der Waals surface area contributed by atoms with Crippen molar-refractivity contribution in [2.45, 2.75) is 60.3 Å². The predicted octanol–water partition coefficient (Wildman–Crippen LogP) is 4.82. The molecule has 2 N–H and O–H groups in total. The number of benzene rings is 1. The van der Waals surface area contributed by atoms with Gasteiger partial charge in [0.15, 0.2) is 0 Å². The summed E-state index contributed by atoms with van der Waals surface area (Å²) < 4.78 is 0. The quantitative estimate of drug-likeness (QED) is 0.372. The number of rotatable bonds is 9. The fourth-order valence-electron chi connectivity index (χ4n) is 2.27. The third kappa shape index (κ3) is 10.1. The molecule has 0 spiro atoms. The first kappa shape index (κ1) is 22.4. The first-order valence-corrected chi connectivity index (χ1v) is 9.26. The number of hydrogen-bond acceptors (Lipinski definition) is 3. The molecule has 27 heavy (non-hydrogen) atoms. The number of nitrogens with one attached hydrogen (secondary N) is 2. The van der Waals surface area contributed by atoms with E-state index in [4.69, 9.17) is 0 Å². The molecule has 1 rings (SSSR count). The van der Waals surface area contributed by atoms with Crippen LogP contribution in [0.15, 0.2) is 46.6 Å². The Kier molecular flexibility index (Phi) is 9.80. The zero-order valence-corrected chi connectivity index (χ0v) is 17.1. The number of nitrogens with zero attached hydrogens (tertiary/aromatic N) is 1. The maximum atomic E-state index is 11.9. The summed E-state index contributed by atoms with van der Waals surface area (Å²) in [6, 6.07) is 5.74. The van der Waals surface area contributed by atoms with Crippen LogP contribution in [0.4, 0.5) is 5.69 Å². The number of anilines is 1. The van der Waals surface area contributed by atoms with E-state index in [0.29, 0.717) is 0 Å². The Morgan fingerprint density at radius 3 is 2.37 bits per heavy atom. The Bertz CT molecular complexity index is 742. The summed E-state index contributed by atoms with van der Waals surface area (Å²) in [6.45, 7) is 10.2. The van der Waals surface area contributed by atoms with Crippen LogP contribution in [-0.2, 0) is 9.59 Å². The number of carbonyl (C=O) groups excluding carboxylic acids is 2. The van der Waals surface area contributed by atoms with Gasteiger partial charge in [0.05, 0.1) is 0 Å². The van der Waals surface area contributed by atoms with Gasteiger partial charge in [-0.15, -0.1) is 0 Å². The standard InChI is InChI=1S/C22H31N3O2/c1-16(2)7-6-8-17(3)13-14-23-25-22(27)12-11-21(26)24-20-10-9-18(4)19(5)15-20/h7,9-10,13-15H,6,8,11-12H2,1-5H3,(H,24,26)(H,25,27)/b17-13+,23-14+. The van der Waals surface area contributed by atoms with Crippen LogP contribution in [0.25, 0.3) is 0 Å². The number of hydrogen-bond donors (Lipinski definition) is 2. The zero-order chi connectivity index (χ0) is 20.2. The molecule has 0 atom stereocenters. The monoisotopic (exact) mass is 369 g/mol. The molecular formula is C22H31N3O2. The highest BCUT2D eigenvalue weighted by Gasteiger charge is 2.07. The second kappa shape index (κ2) is 11.8. The second-order valence-corrected chi connectivity index (χ2v) is 6.99. The van der Waals surface area contributed by atoms with E-state index in [1.54, 1.807) is 6.21 Å². The molecule has 1 aromatic rings. The summed E-state index contributed by atoms with van der Waals surface area (Å²) in [7, 11) is 0. The van der Waals surface area contributed by atoms with Crippen molar-refractivity contribution in [2.75, 3.05) is 5.32 Å². The van der Waals surface area contributed by atoms with Crippen molar-refractivity contribution in [3.63, 3.8) is 0 Å². The van der Waals surface area contributed by atoms with Crippen LogP contribution in [0.1, 0.15) is 57.6 Å². The average molecular weight is 370 g/mol. The van der Waals surface area contributed by atoms with Crippen LogP contribution >= 0.6 is 0 Å². The maximum Gasteiger partial charge on any atom is 0.240 e. The van der Waals surface area contributed by atoms with Crippen molar-refractivity contribution in [3.8, 4) is 0 Å². The summed E-state index contributed by atoms with van der Waals surface area (Å²) in [4.78, 5) is 23.7. The van der Waals surface area contributed by atoms with E-state index in [9.17, 15) is 9.59 Å². The van der Waals surface area contributed by atoms with E-state index in [0.717, 1.165) is 24.1 Å². The van der Waals surface area contributed by atoms with Gasteiger partial charge < -0.3 is 5.32 Å². The smallest absolute Gasteiger partial charge is 0.240 e. The molecule has 1 aromatic carbocycles. The molecule has 146 valence electrons. The molecule has 0 heterocycles. The van der Waals surface area contributed by atoms with Gasteiger partial charge in [0.2, 0.25) is 11.8 Å². The second-order valence-electron chi connectivity index (χ2n) is 6.99. The Labute approximate surface area is 162 Å². The minimum Gasteiger partial charge on any atom is -0.326 e. The van der Waals surface area contributed by atoms with Crippen LogP contribution in [-0.4, -0.2) is 18.0 Å². The molecule has 0 saturated heterocycles. The molecule has 0 aliphatic heterocycles. The molecule has 0 fully saturated rings. The van der Waals surface area contributed by atoms with Crippen molar-refractivity contribution in [1.29, 1.82) is 0 Å². The minimum absolute atomic E-state index is 0.0945. The van der Waals surface area contributed by atoms with E-state index in [1.807, 2.05) is 45.0 Å². The van der Waals surface area contributed by atoms with Gasteiger partial charge in [0.1, 0.15) is 0 Å². The van der Waals surface area contributed by atoms with E-state index < -0.39 is 0 Å². The van der Waals surface area contributed by atoms with Crippen molar-refractivity contribution >= 4 is 23.7 Å². The molecule has 0 unspecified atom stereocenters. The molecule has 0 aliphatic rings. The van der Waals surface area contributed by atoms with Gasteiger partial charge in [-0.05, 0) is 76.8 Å². The lowest BCUT2D eigenvalue weighted by atomic mass is 10.1. The normalized spacial score (nSPS) is 11.4. The van der Waals surface area contributed by atoms with Crippen molar-refractivity contribution in [2.24, 2.45) is 5.10 Å². The molecule has 2 amide bonds. The Hall–Kier alpha value is -2.69. The summed E-state index contributed by atoms with van der Waals surface area (Å²) >= 11 is 0. The van der Waals surface area contributed by atoms with Gasteiger partial charge in [-0.1, -0.05) is 23.3 Å². The number of amides is 2. The van der Waals surface area contributed by atoms with Crippen molar-refractivity contribution in [3.05, 3.63) is 52.6 Å². The first-order chi connectivity index (χ1) is 12.8. The van der Waals surface area contributed by atoms with Crippen LogP contribution in [0.3, 0.4) is 0 Å². The number of hydrazone groups is 1. The maximum absolute atomic E-state index is 11.9. The summed E-state index contributed by atoms with van der Waals surface area (Å²) in [5, 5.41) is 6.69. The van der Waals surface area contributed by atoms with Gasteiger partial charge in [-0.3, -0.25) is 9.59 Å². The van der Waals surface area contributed by atoms with E-state index >= 15 is 0 Å². The topological polar surface area (TPSA) is 70.6 Å². The zero-order valence-electron chi connectivity index (χ0n) is 17.1. The first-order valence-electron chi connectivity index (χ1n) is 9.26. The minimum atomic E-state index is -0.280. The molecule has 5 heteroatoms. The molecule has 0 bridgehead atoms. The molecule has 0 radical (unpaired) electrons. The predicted molar refractivity (Wildman–Crippen MR) is 113 cm³/mol. The molecule has 5 nitrogen and oxygen atoms in total. The van der Waals surface area contributed by atoms with Gasteiger partial charge in [0, 0.05) is 24.7 Å². The lowest BCUT2D eigenvalue weighted by Gasteiger charge is -2.07. The van der Waals surface area contributed by atoms with Gasteiger partial charge >= 0.3 is 0 Å².